The van der Waals surface area contributed by atoms with E-state index in [4.69, 9.17) is 9.72 Å². The smallest absolute Gasteiger partial charge is 0.312 e. The van der Waals surface area contributed by atoms with Crippen LogP contribution in [0.2, 0.25) is 0 Å². The molecule has 1 atom stereocenters. The SMILES string of the molecule is COC1(c2nc3c(s2)CCCC3C(=O)O)CCC(C)CC1. The molecule has 1 aromatic heterocycles. The highest BCUT2D eigenvalue weighted by Gasteiger charge is 2.41. The number of thiazole rings is 1. The maximum Gasteiger partial charge on any atom is 0.312 e. The van der Waals surface area contributed by atoms with Gasteiger partial charge in [-0.2, -0.15) is 0 Å². The van der Waals surface area contributed by atoms with Crippen LogP contribution in [0.1, 0.15) is 66.9 Å². The summed E-state index contributed by atoms with van der Waals surface area (Å²) in [7, 11) is 1.77. The van der Waals surface area contributed by atoms with Crippen molar-refractivity contribution >= 4 is 17.3 Å². The van der Waals surface area contributed by atoms with E-state index in [1.165, 1.54) is 4.88 Å². The van der Waals surface area contributed by atoms with Crippen LogP contribution in [0, 0.1) is 5.92 Å². The highest BCUT2D eigenvalue weighted by Crippen LogP contribution is 2.46. The van der Waals surface area contributed by atoms with Crippen LogP contribution in [0.5, 0.6) is 0 Å². The Kier molecular flexibility index (Phi) is 4.06. The number of rotatable bonds is 3. The molecule has 5 heteroatoms. The molecule has 1 saturated carbocycles. The van der Waals surface area contributed by atoms with Gasteiger partial charge in [-0.15, -0.1) is 11.3 Å². The second kappa shape index (κ2) is 5.69. The van der Waals surface area contributed by atoms with Crippen molar-refractivity contribution in [1.29, 1.82) is 0 Å². The molecular weight excluding hydrogens is 286 g/mol. The highest BCUT2D eigenvalue weighted by atomic mass is 32.1. The number of nitrogens with zero attached hydrogens (tertiary/aromatic N) is 1. The molecule has 1 aromatic rings. The Labute approximate surface area is 129 Å². The summed E-state index contributed by atoms with van der Waals surface area (Å²) in [5.74, 6) is -0.415. The van der Waals surface area contributed by atoms with Crippen molar-refractivity contribution in [2.24, 2.45) is 5.92 Å². The third kappa shape index (κ3) is 2.61. The van der Waals surface area contributed by atoms with E-state index in [1.54, 1.807) is 18.4 Å². The van der Waals surface area contributed by atoms with Gasteiger partial charge in [-0.3, -0.25) is 4.79 Å². The minimum absolute atomic E-state index is 0.280. The summed E-state index contributed by atoms with van der Waals surface area (Å²) in [4.78, 5) is 17.4. The van der Waals surface area contributed by atoms with Gasteiger partial charge in [0.25, 0.3) is 0 Å². The fourth-order valence-corrected chi connectivity index (χ4v) is 4.98. The second-order valence-corrected chi connectivity index (χ2v) is 7.58. The van der Waals surface area contributed by atoms with Crippen molar-refractivity contribution in [3.05, 3.63) is 15.6 Å². The number of carboxylic acid groups (broad SMARTS) is 1. The summed E-state index contributed by atoms with van der Waals surface area (Å²) >= 11 is 1.69. The molecule has 1 heterocycles. The quantitative estimate of drug-likeness (QED) is 0.925. The van der Waals surface area contributed by atoms with E-state index in [0.29, 0.717) is 6.42 Å². The third-order valence-electron chi connectivity index (χ3n) is 5.11. The minimum atomic E-state index is -0.739. The van der Waals surface area contributed by atoms with E-state index in [-0.39, 0.29) is 5.60 Å². The number of carboxylic acids is 1. The first-order chi connectivity index (χ1) is 10.1. The molecule has 21 heavy (non-hydrogen) atoms. The van der Waals surface area contributed by atoms with Crippen molar-refractivity contribution < 1.29 is 14.6 Å². The van der Waals surface area contributed by atoms with Crippen LogP contribution in [0.3, 0.4) is 0 Å². The van der Waals surface area contributed by atoms with E-state index < -0.39 is 11.9 Å². The van der Waals surface area contributed by atoms with Gasteiger partial charge in [0.1, 0.15) is 10.6 Å². The maximum atomic E-state index is 11.4. The normalized spacial score (nSPS) is 32.7. The van der Waals surface area contributed by atoms with E-state index >= 15 is 0 Å². The number of hydrogen-bond donors (Lipinski definition) is 1. The first-order valence-electron chi connectivity index (χ1n) is 7.84. The van der Waals surface area contributed by atoms with Crippen LogP contribution in [-0.2, 0) is 21.6 Å². The third-order valence-corrected chi connectivity index (χ3v) is 6.43. The lowest BCUT2D eigenvalue weighted by atomic mass is 9.79. The van der Waals surface area contributed by atoms with Crippen molar-refractivity contribution in [1.82, 2.24) is 4.98 Å². The number of aliphatic carboxylic acids is 1. The predicted octanol–water partition coefficient (Wildman–Crippen LogP) is 3.70. The molecule has 3 rings (SSSR count). The topological polar surface area (TPSA) is 59.4 Å². The van der Waals surface area contributed by atoms with E-state index in [9.17, 15) is 9.90 Å². The fourth-order valence-electron chi connectivity index (χ4n) is 3.59. The first kappa shape index (κ1) is 15.0. The molecule has 0 aliphatic heterocycles. The zero-order valence-electron chi connectivity index (χ0n) is 12.7. The number of aromatic nitrogens is 1. The number of fused-ring (bicyclic) bond motifs is 1. The number of aryl methyl sites for hydroxylation is 1. The highest BCUT2D eigenvalue weighted by molar-refractivity contribution is 7.11. The molecule has 0 spiro atoms. The number of ether oxygens (including phenoxy) is 1. The average Bonchev–Trinajstić information content (AvgIpc) is 2.92. The van der Waals surface area contributed by atoms with E-state index in [1.807, 2.05) is 0 Å². The van der Waals surface area contributed by atoms with Gasteiger partial charge in [-0.1, -0.05) is 6.92 Å². The minimum Gasteiger partial charge on any atom is -0.481 e. The van der Waals surface area contributed by atoms with Crippen molar-refractivity contribution in [3.8, 4) is 0 Å². The van der Waals surface area contributed by atoms with Gasteiger partial charge in [-0.05, 0) is 50.9 Å². The Hall–Kier alpha value is -0.940. The van der Waals surface area contributed by atoms with E-state index in [0.717, 1.165) is 55.1 Å². The summed E-state index contributed by atoms with van der Waals surface area (Å²) in [6, 6.07) is 0. The van der Waals surface area contributed by atoms with Gasteiger partial charge < -0.3 is 9.84 Å². The van der Waals surface area contributed by atoms with Crippen LogP contribution >= 0.6 is 11.3 Å². The van der Waals surface area contributed by atoms with Gasteiger partial charge in [0.2, 0.25) is 0 Å². The van der Waals surface area contributed by atoms with Crippen LogP contribution < -0.4 is 0 Å². The zero-order chi connectivity index (χ0) is 15.0. The standard InChI is InChI=1S/C16H23NO3S/c1-10-6-8-16(20-2,9-7-10)15-17-13-11(14(18)19)4-3-5-12(13)21-15/h10-11H,3-9H2,1-2H3,(H,18,19). The summed E-state index contributed by atoms with van der Waals surface area (Å²) in [6.45, 7) is 2.28. The monoisotopic (exact) mass is 309 g/mol. The van der Waals surface area contributed by atoms with Crippen molar-refractivity contribution in [3.63, 3.8) is 0 Å². The van der Waals surface area contributed by atoms with Gasteiger partial charge in [0.05, 0.1) is 11.6 Å². The molecule has 1 fully saturated rings. The first-order valence-corrected chi connectivity index (χ1v) is 8.65. The lowest BCUT2D eigenvalue weighted by Gasteiger charge is -2.36. The Morgan fingerprint density at radius 1 is 1.38 bits per heavy atom. The summed E-state index contributed by atoms with van der Waals surface area (Å²) < 4.78 is 5.89. The second-order valence-electron chi connectivity index (χ2n) is 6.49. The summed E-state index contributed by atoms with van der Waals surface area (Å²) in [5, 5.41) is 10.4. The molecule has 0 radical (unpaired) electrons. The molecule has 1 N–H and O–H groups in total. The van der Waals surface area contributed by atoms with Crippen LogP contribution in [0.25, 0.3) is 0 Å². The lowest BCUT2D eigenvalue weighted by molar-refractivity contribution is -0.139. The Balaban J connectivity index is 1.94. The van der Waals surface area contributed by atoms with Gasteiger partial charge in [0.15, 0.2) is 0 Å². The Morgan fingerprint density at radius 3 is 2.71 bits per heavy atom. The largest absolute Gasteiger partial charge is 0.481 e. The molecule has 2 aliphatic carbocycles. The van der Waals surface area contributed by atoms with Gasteiger partial charge in [0, 0.05) is 12.0 Å². The van der Waals surface area contributed by atoms with Gasteiger partial charge >= 0.3 is 5.97 Å². The Morgan fingerprint density at radius 2 is 2.10 bits per heavy atom. The zero-order valence-corrected chi connectivity index (χ0v) is 13.5. The predicted molar refractivity (Wildman–Crippen MR) is 81.7 cm³/mol. The average molecular weight is 309 g/mol. The molecule has 0 aromatic carbocycles. The van der Waals surface area contributed by atoms with Gasteiger partial charge in [-0.25, -0.2) is 4.98 Å². The number of hydrogen-bond acceptors (Lipinski definition) is 4. The molecule has 0 amide bonds. The summed E-state index contributed by atoms with van der Waals surface area (Å²) in [6.07, 6.45) is 6.92. The molecule has 0 bridgehead atoms. The number of carbonyl (C=O) groups is 1. The van der Waals surface area contributed by atoms with Crippen LogP contribution in [-0.4, -0.2) is 23.2 Å². The molecular formula is C16H23NO3S. The fraction of sp³-hybridized carbons (Fsp3) is 0.750. The van der Waals surface area contributed by atoms with Crippen molar-refractivity contribution in [2.75, 3.05) is 7.11 Å². The summed E-state index contributed by atoms with van der Waals surface area (Å²) in [5.41, 5.74) is 0.529. The van der Waals surface area contributed by atoms with E-state index in [2.05, 4.69) is 6.92 Å². The molecule has 0 saturated heterocycles. The molecule has 116 valence electrons. The maximum absolute atomic E-state index is 11.4. The van der Waals surface area contributed by atoms with Crippen LogP contribution in [0.4, 0.5) is 0 Å². The molecule has 4 nitrogen and oxygen atoms in total. The van der Waals surface area contributed by atoms with Crippen LogP contribution in [0.15, 0.2) is 0 Å². The Bertz CT molecular complexity index is 532. The lowest BCUT2D eigenvalue weighted by Crippen LogP contribution is -2.33. The molecule has 2 aliphatic rings. The number of methoxy groups -OCH3 is 1. The van der Waals surface area contributed by atoms with Crippen molar-refractivity contribution in [2.45, 2.75) is 63.4 Å². The molecule has 1 unspecified atom stereocenters.